The second-order valence-electron chi connectivity index (χ2n) is 5.47. The minimum Gasteiger partial charge on any atom is -0.307 e. The molecule has 2 heterocycles. The van der Waals surface area contributed by atoms with E-state index >= 15 is 0 Å². The first-order chi connectivity index (χ1) is 7.81. The van der Waals surface area contributed by atoms with Crippen LogP contribution in [-0.2, 0) is 12.0 Å². The van der Waals surface area contributed by atoms with Crippen LogP contribution >= 0.6 is 11.3 Å². The zero-order chi connectivity index (χ0) is 11.0. The van der Waals surface area contributed by atoms with Gasteiger partial charge in [-0.2, -0.15) is 0 Å². The summed E-state index contributed by atoms with van der Waals surface area (Å²) < 4.78 is 0. The Hall–Kier alpha value is -0.340. The number of fused-ring (bicyclic) bond motifs is 1. The molecule has 1 atom stereocenters. The molecule has 16 heavy (non-hydrogen) atoms. The third-order valence-electron chi connectivity index (χ3n) is 4.57. The van der Waals surface area contributed by atoms with Crippen LogP contribution in [0, 0.1) is 5.92 Å². The van der Waals surface area contributed by atoms with Gasteiger partial charge in [0, 0.05) is 17.0 Å². The van der Waals surface area contributed by atoms with Gasteiger partial charge < -0.3 is 5.32 Å². The summed E-state index contributed by atoms with van der Waals surface area (Å²) in [6, 6.07) is 2.36. The Morgan fingerprint density at radius 3 is 2.94 bits per heavy atom. The second kappa shape index (κ2) is 4.15. The largest absolute Gasteiger partial charge is 0.307 e. The Balaban J connectivity index is 1.93. The van der Waals surface area contributed by atoms with Crippen LogP contribution in [0.1, 0.15) is 49.5 Å². The van der Waals surface area contributed by atoms with E-state index in [0.717, 1.165) is 5.92 Å². The van der Waals surface area contributed by atoms with Crippen LogP contribution in [-0.4, -0.2) is 6.54 Å². The van der Waals surface area contributed by atoms with Crippen LogP contribution in [0.4, 0.5) is 0 Å². The van der Waals surface area contributed by atoms with Gasteiger partial charge in [-0.3, -0.25) is 0 Å². The highest BCUT2D eigenvalue weighted by molar-refractivity contribution is 7.10. The fraction of sp³-hybridized carbons (Fsp3) is 0.714. The van der Waals surface area contributed by atoms with E-state index in [9.17, 15) is 0 Å². The minimum atomic E-state index is 0.272. The van der Waals surface area contributed by atoms with E-state index in [4.69, 9.17) is 0 Å². The lowest BCUT2D eigenvalue weighted by atomic mass is 9.71. The Labute approximate surface area is 102 Å². The maximum Gasteiger partial charge on any atom is 0.0445 e. The standard InChI is InChI=1S/C14H21NS/c1-14(11-5-3-2-4-6-11)12-8-10-16-13(12)7-9-15-14/h8,10-11,15H,2-7,9H2,1H3. The summed E-state index contributed by atoms with van der Waals surface area (Å²) in [5.41, 5.74) is 1.88. The van der Waals surface area contributed by atoms with Gasteiger partial charge in [0.05, 0.1) is 0 Å². The molecule has 1 unspecified atom stereocenters. The highest BCUT2D eigenvalue weighted by Crippen LogP contribution is 2.43. The number of hydrogen-bond donors (Lipinski definition) is 1. The fourth-order valence-corrected chi connectivity index (χ4v) is 4.57. The van der Waals surface area contributed by atoms with Gasteiger partial charge in [0.1, 0.15) is 0 Å². The molecule has 1 aromatic rings. The summed E-state index contributed by atoms with van der Waals surface area (Å²) in [7, 11) is 0. The lowest BCUT2D eigenvalue weighted by Gasteiger charge is -2.43. The predicted molar refractivity (Wildman–Crippen MR) is 70.0 cm³/mol. The summed E-state index contributed by atoms with van der Waals surface area (Å²) in [6.07, 6.45) is 8.37. The van der Waals surface area contributed by atoms with Gasteiger partial charge >= 0.3 is 0 Å². The summed E-state index contributed by atoms with van der Waals surface area (Å²) in [5.74, 6) is 0.856. The molecular formula is C14H21NS. The van der Waals surface area contributed by atoms with Gasteiger partial charge in [-0.05, 0) is 49.1 Å². The van der Waals surface area contributed by atoms with Crippen molar-refractivity contribution in [3.05, 3.63) is 21.9 Å². The summed E-state index contributed by atoms with van der Waals surface area (Å²) >= 11 is 1.95. The van der Waals surface area contributed by atoms with Crippen LogP contribution < -0.4 is 5.32 Å². The highest BCUT2D eigenvalue weighted by Gasteiger charge is 2.39. The minimum absolute atomic E-state index is 0.272. The molecule has 1 fully saturated rings. The summed E-state index contributed by atoms with van der Waals surface area (Å²) in [6.45, 7) is 3.61. The molecule has 0 bridgehead atoms. The van der Waals surface area contributed by atoms with Crippen LogP contribution in [0.3, 0.4) is 0 Å². The average molecular weight is 235 g/mol. The van der Waals surface area contributed by atoms with Crippen molar-refractivity contribution >= 4 is 11.3 Å². The van der Waals surface area contributed by atoms with Crippen LogP contribution in [0.15, 0.2) is 11.4 Å². The molecule has 1 N–H and O–H groups in total. The zero-order valence-corrected chi connectivity index (χ0v) is 10.9. The molecule has 1 saturated carbocycles. The number of rotatable bonds is 1. The number of thiophene rings is 1. The van der Waals surface area contributed by atoms with Crippen molar-refractivity contribution in [3.63, 3.8) is 0 Å². The predicted octanol–water partition coefficient (Wildman–Crippen LogP) is 3.69. The molecule has 0 aromatic carbocycles. The molecule has 0 amide bonds. The van der Waals surface area contributed by atoms with Crippen molar-refractivity contribution in [1.82, 2.24) is 5.32 Å². The van der Waals surface area contributed by atoms with Gasteiger partial charge in [-0.25, -0.2) is 0 Å². The van der Waals surface area contributed by atoms with E-state index in [2.05, 4.69) is 23.7 Å². The monoisotopic (exact) mass is 235 g/mol. The Bertz CT molecular complexity index is 365. The molecule has 1 aliphatic heterocycles. The summed E-state index contributed by atoms with van der Waals surface area (Å²) in [5, 5.41) is 6.09. The van der Waals surface area contributed by atoms with Gasteiger partial charge in [-0.1, -0.05) is 19.3 Å². The zero-order valence-electron chi connectivity index (χ0n) is 10.1. The normalized spacial score (nSPS) is 31.3. The Morgan fingerprint density at radius 1 is 1.31 bits per heavy atom. The fourth-order valence-electron chi connectivity index (χ4n) is 3.57. The van der Waals surface area contributed by atoms with Crippen molar-refractivity contribution < 1.29 is 0 Å². The first-order valence-corrected chi connectivity index (χ1v) is 7.50. The first kappa shape index (κ1) is 10.8. The molecule has 0 spiro atoms. The smallest absolute Gasteiger partial charge is 0.0445 e. The van der Waals surface area contributed by atoms with Crippen molar-refractivity contribution in [2.24, 2.45) is 5.92 Å². The van der Waals surface area contributed by atoms with E-state index in [1.165, 1.54) is 45.1 Å². The van der Waals surface area contributed by atoms with Gasteiger partial charge in [0.2, 0.25) is 0 Å². The molecule has 1 nitrogen and oxygen atoms in total. The van der Waals surface area contributed by atoms with E-state index in [1.807, 2.05) is 11.3 Å². The van der Waals surface area contributed by atoms with Gasteiger partial charge in [0.15, 0.2) is 0 Å². The molecule has 3 rings (SSSR count). The highest BCUT2D eigenvalue weighted by atomic mass is 32.1. The molecule has 2 aliphatic rings. The van der Waals surface area contributed by atoms with Crippen molar-refractivity contribution in [3.8, 4) is 0 Å². The molecule has 2 heteroatoms. The average Bonchev–Trinajstić information content (AvgIpc) is 2.80. The van der Waals surface area contributed by atoms with Gasteiger partial charge in [0.25, 0.3) is 0 Å². The van der Waals surface area contributed by atoms with E-state index < -0.39 is 0 Å². The van der Waals surface area contributed by atoms with Crippen molar-refractivity contribution in [1.29, 1.82) is 0 Å². The molecule has 0 radical (unpaired) electrons. The third kappa shape index (κ3) is 1.63. The molecule has 0 saturated heterocycles. The van der Waals surface area contributed by atoms with E-state index in [1.54, 1.807) is 10.4 Å². The maximum atomic E-state index is 3.81. The maximum absolute atomic E-state index is 3.81. The van der Waals surface area contributed by atoms with Crippen LogP contribution in [0.25, 0.3) is 0 Å². The van der Waals surface area contributed by atoms with Crippen molar-refractivity contribution in [2.45, 2.75) is 51.0 Å². The summed E-state index contributed by atoms with van der Waals surface area (Å²) in [4.78, 5) is 1.63. The second-order valence-corrected chi connectivity index (χ2v) is 6.47. The number of hydrogen-bond acceptors (Lipinski definition) is 2. The first-order valence-electron chi connectivity index (χ1n) is 6.62. The molecule has 88 valence electrons. The molecule has 1 aromatic heterocycles. The van der Waals surface area contributed by atoms with E-state index in [0.29, 0.717) is 0 Å². The Kier molecular flexibility index (Phi) is 2.80. The van der Waals surface area contributed by atoms with Crippen molar-refractivity contribution in [2.75, 3.05) is 6.54 Å². The van der Waals surface area contributed by atoms with Crippen LogP contribution in [0.2, 0.25) is 0 Å². The lowest BCUT2D eigenvalue weighted by molar-refractivity contribution is 0.171. The number of nitrogens with one attached hydrogen (secondary N) is 1. The quantitative estimate of drug-likeness (QED) is 0.783. The lowest BCUT2D eigenvalue weighted by Crippen LogP contribution is -2.50. The topological polar surface area (TPSA) is 12.0 Å². The molecular weight excluding hydrogens is 214 g/mol. The molecule has 1 aliphatic carbocycles. The SMILES string of the molecule is CC1(C2CCCCC2)NCCc2sccc21. The van der Waals surface area contributed by atoms with Gasteiger partial charge in [-0.15, -0.1) is 11.3 Å². The van der Waals surface area contributed by atoms with Crippen LogP contribution in [0.5, 0.6) is 0 Å². The van der Waals surface area contributed by atoms with E-state index in [-0.39, 0.29) is 5.54 Å². The third-order valence-corrected chi connectivity index (χ3v) is 5.55. The Morgan fingerprint density at radius 2 is 2.12 bits per heavy atom.